The van der Waals surface area contributed by atoms with Gasteiger partial charge in [-0.15, -0.1) is 0 Å². The van der Waals surface area contributed by atoms with Crippen molar-refractivity contribution >= 4 is 29.5 Å². The number of fused-ring (bicyclic) bond motifs is 2. The number of nitrogens with zero attached hydrogens (tertiary/aromatic N) is 2. The second kappa shape index (κ2) is 9.47. The number of nitrogens with one attached hydrogen (secondary N) is 1. The number of hydrogen-bond donors (Lipinski definition) is 2. The fourth-order valence-corrected chi connectivity index (χ4v) is 4.78. The van der Waals surface area contributed by atoms with Crippen LogP contribution in [0.3, 0.4) is 0 Å². The largest absolute Gasteiger partial charge is 0.465 e. The molecule has 2 heterocycles. The van der Waals surface area contributed by atoms with Gasteiger partial charge in [-0.3, -0.25) is 4.90 Å². The van der Waals surface area contributed by atoms with E-state index in [1.54, 1.807) is 4.90 Å². The lowest BCUT2D eigenvalue weighted by atomic mass is 10.1. The van der Waals surface area contributed by atoms with Gasteiger partial charge in [-0.25, -0.2) is 9.59 Å². The highest BCUT2D eigenvalue weighted by Gasteiger charge is 2.43. The van der Waals surface area contributed by atoms with Crippen LogP contribution in [-0.2, 0) is 17.8 Å². The standard InChI is InChI=1S/C23H26ClN3O4/c24-20-12-16(10-11-25-22(28)31-15-17-4-2-1-3-5-17)6-9-21(20)26-13-18-7-8-19(14-26)27(18)23(29)30/h1-6,9,12,18-19H,7-8,10-11,13-15H2,(H,25,28)(H,29,30). The van der Waals surface area contributed by atoms with E-state index in [1.807, 2.05) is 48.5 Å². The van der Waals surface area contributed by atoms with Crippen molar-refractivity contribution < 1.29 is 19.4 Å². The molecular weight excluding hydrogens is 418 g/mol. The van der Waals surface area contributed by atoms with Crippen LogP contribution in [0, 0.1) is 0 Å². The molecule has 2 aromatic rings. The van der Waals surface area contributed by atoms with Crippen LogP contribution in [-0.4, -0.2) is 53.9 Å². The summed E-state index contributed by atoms with van der Waals surface area (Å²) in [5.74, 6) is 0. The summed E-state index contributed by atoms with van der Waals surface area (Å²) in [6, 6.07) is 15.5. The molecule has 2 aliphatic rings. The van der Waals surface area contributed by atoms with E-state index in [0.717, 1.165) is 29.7 Å². The second-order valence-electron chi connectivity index (χ2n) is 8.00. The van der Waals surface area contributed by atoms with E-state index in [-0.39, 0.29) is 18.7 Å². The van der Waals surface area contributed by atoms with Crippen molar-refractivity contribution in [3.8, 4) is 0 Å². The Hall–Kier alpha value is -2.93. The maximum Gasteiger partial charge on any atom is 0.407 e. The Morgan fingerprint density at radius 1 is 1.06 bits per heavy atom. The van der Waals surface area contributed by atoms with E-state index in [0.29, 0.717) is 31.1 Å². The lowest BCUT2D eigenvalue weighted by Gasteiger charge is -2.41. The summed E-state index contributed by atoms with van der Waals surface area (Å²) in [4.78, 5) is 27.1. The van der Waals surface area contributed by atoms with Crippen LogP contribution in [0.5, 0.6) is 0 Å². The number of amides is 2. The fraction of sp³-hybridized carbons (Fsp3) is 0.391. The highest BCUT2D eigenvalue weighted by atomic mass is 35.5. The van der Waals surface area contributed by atoms with E-state index in [1.165, 1.54) is 0 Å². The van der Waals surface area contributed by atoms with Crippen LogP contribution in [0.1, 0.15) is 24.0 Å². The third-order valence-corrected chi connectivity index (χ3v) is 6.25. The average molecular weight is 444 g/mol. The van der Waals surface area contributed by atoms with Crippen molar-refractivity contribution in [1.29, 1.82) is 0 Å². The minimum Gasteiger partial charge on any atom is -0.465 e. The van der Waals surface area contributed by atoms with Gasteiger partial charge in [-0.2, -0.15) is 0 Å². The molecule has 164 valence electrons. The van der Waals surface area contributed by atoms with E-state index >= 15 is 0 Å². The lowest BCUT2D eigenvalue weighted by Crippen LogP contribution is -2.55. The van der Waals surface area contributed by atoms with Gasteiger partial charge in [0.15, 0.2) is 0 Å². The van der Waals surface area contributed by atoms with Crippen molar-refractivity contribution in [3.05, 3.63) is 64.7 Å². The number of ether oxygens (including phenoxy) is 1. The van der Waals surface area contributed by atoms with E-state index in [2.05, 4.69) is 10.2 Å². The van der Waals surface area contributed by atoms with E-state index in [4.69, 9.17) is 16.3 Å². The van der Waals surface area contributed by atoms with Gasteiger partial charge in [-0.1, -0.05) is 48.0 Å². The van der Waals surface area contributed by atoms with Gasteiger partial charge in [0.2, 0.25) is 0 Å². The summed E-state index contributed by atoms with van der Waals surface area (Å²) < 4.78 is 5.21. The molecule has 2 fully saturated rings. The normalized spacial score (nSPS) is 19.9. The zero-order valence-corrected chi connectivity index (χ0v) is 17.9. The number of alkyl carbamates (subject to hydrolysis) is 1. The Balaban J connectivity index is 1.26. The SMILES string of the molecule is O=C(NCCc1ccc(N2CC3CCC(C2)N3C(=O)O)c(Cl)c1)OCc1ccccc1. The number of hydrogen-bond acceptors (Lipinski definition) is 4. The molecule has 0 spiro atoms. The highest BCUT2D eigenvalue weighted by Crippen LogP contribution is 2.35. The van der Waals surface area contributed by atoms with Crippen molar-refractivity contribution in [2.75, 3.05) is 24.5 Å². The molecule has 2 aromatic carbocycles. The number of anilines is 1. The molecule has 2 amide bonds. The molecule has 2 N–H and O–H groups in total. The third kappa shape index (κ3) is 5.05. The summed E-state index contributed by atoms with van der Waals surface area (Å²) in [7, 11) is 0. The summed E-state index contributed by atoms with van der Waals surface area (Å²) in [5.41, 5.74) is 2.89. The second-order valence-corrected chi connectivity index (χ2v) is 8.41. The molecule has 7 nitrogen and oxygen atoms in total. The van der Waals surface area contributed by atoms with E-state index in [9.17, 15) is 14.7 Å². The van der Waals surface area contributed by atoms with Gasteiger partial charge in [0, 0.05) is 19.6 Å². The Labute approximate surface area is 186 Å². The molecule has 2 unspecified atom stereocenters. The predicted molar refractivity (Wildman–Crippen MR) is 119 cm³/mol. The first-order valence-corrected chi connectivity index (χ1v) is 10.9. The zero-order valence-electron chi connectivity index (χ0n) is 17.2. The summed E-state index contributed by atoms with van der Waals surface area (Å²) in [6.45, 7) is 2.02. The molecule has 0 aliphatic carbocycles. The minimum absolute atomic E-state index is 0.0260. The fourth-order valence-electron chi connectivity index (χ4n) is 4.46. The lowest BCUT2D eigenvalue weighted by molar-refractivity contribution is 0.115. The number of piperazine rings is 1. The molecule has 2 aliphatic heterocycles. The number of benzene rings is 2. The van der Waals surface area contributed by atoms with Gasteiger partial charge >= 0.3 is 12.2 Å². The van der Waals surface area contributed by atoms with Crippen molar-refractivity contribution in [1.82, 2.24) is 10.2 Å². The van der Waals surface area contributed by atoms with Gasteiger partial charge in [0.25, 0.3) is 0 Å². The number of rotatable bonds is 6. The topological polar surface area (TPSA) is 82.1 Å². The van der Waals surface area contributed by atoms with Gasteiger partial charge < -0.3 is 20.1 Å². The Morgan fingerprint density at radius 3 is 2.42 bits per heavy atom. The zero-order chi connectivity index (χ0) is 21.8. The van der Waals surface area contributed by atoms with Crippen LogP contribution < -0.4 is 10.2 Å². The minimum atomic E-state index is -0.830. The Morgan fingerprint density at radius 2 is 1.77 bits per heavy atom. The number of carboxylic acid groups (broad SMARTS) is 1. The van der Waals surface area contributed by atoms with Crippen molar-refractivity contribution in [2.24, 2.45) is 0 Å². The quantitative estimate of drug-likeness (QED) is 0.701. The molecule has 8 heteroatoms. The van der Waals surface area contributed by atoms with Gasteiger partial charge in [-0.05, 0) is 42.5 Å². The first kappa shape index (κ1) is 21.3. The van der Waals surface area contributed by atoms with Crippen molar-refractivity contribution in [3.63, 3.8) is 0 Å². The van der Waals surface area contributed by atoms with Crippen molar-refractivity contribution in [2.45, 2.75) is 38.0 Å². The number of carbonyl (C=O) groups excluding carboxylic acids is 1. The average Bonchev–Trinajstić information content (AvgIpc) is 3.03. The molecule has 0 aromatic heterocycles. The van der Waals surface area contributed by atoms with Crippen LogP contribution in [0.2, 0.25) is 5.02 Å². The Kier molecular flexibility index (Phi) is 6.51. The smallest absolute Gasteiger partial charge is 0.407 e. The van der Waals surface area contributed by atoms with Gasteiger partial charge in [0.05, 0.1) is 22.8 Å². The molecule has 2 atom stereocenters. The molecule has 2 bridgehead atoms. The van der Waals surface area contributed by atoms with Crippen LogP contribution in [0.4, 0.5) is 15.3 Å². The molecule has 0 saturated carbocycles. The summed E-state index contributed by atoms with van der Waals surface area (Å²) in [6.07, 6.45) is 1.16. The molecular formula is C23H26ClN3O4. The molecule has 2 saturated heterocycles. The molecule has 4 rings (SSSR count). The van der Waals surface area contributed by atoms with Crippen LogP contribution >= 0.6 is 11.6 Å². The number of carbonyl (C=O) groups is 2. The summed E-state index contributed by atoms with van der Waals surface area (Å²) in [5, 5.41) is 12.8. The van der Waals surface area contributed by atoms with E-state index < -0.39 is 12.2 Å². The van der Waals surface area contributed by atoms with Crippen LogP contribution in [0.25, 0.3) is 0 Å². The monoisotopic (exact) mass is 443 g/mol. The maximum atomic E-state index is 11.9. The third-order valence-electron chi connectivity index (χ3n) is 5.95. The van der Waals surface area contributed by atoms with Gasteiger partial charge in [0.1, 0.15) is 6.61 Å². The van der Waals surface area contributed by atoms with Crippen LogP contribution in [0.15, 0.2) is 48.5 Å². The first-order valence-electron chi connectivity index (χ1n) is 10.5. The predicted octanol–water partition coefficient (Wildman–Crippen LogP) is 4.14. The summed E-state index contributed by atoms with van der Waals surface area (Å²) >= 11 is 6.55. The molecule has 31 heavy (non-hydrogen) atoms. The Bertz CT molecular complexity index is 926. The first-order chi connectivity index (χ1) is 15.0. The molecule has 0 radical (unpaired) electrons. The maximum absolute atomic E-state index is 11.9. The highest BCUT2D eigenvalue weighted by molar-refractivity contribution is 6.33. The number of halogens is 1.